The first-order valence-electron chi connectivity index (χ1n) is 24.6. The monoisotopic (exact) mass is 801 g/mol. The van der Waals surface area contributed by atoms with E-state index in [9.17, 15) is 9.46 Å². The van der Waals surface area contributed by atoms with Gasteiger partial charge in [0.25, 0.3) is 0 Å². The zero-order valence-corrected chi connectivity index (χ0v) is 41.7. The Hall–Kier alpha value is 0.620. The third-order valence-electron chi connectivity index (χ3n) is 11.5. The van der Waals surface area contributed by atoms with Crippen LogP contribution < -0.4 is 4.89 Å². The number of rotatable bonds is 36. The maximum Gasteiger partial charge on any atom is 0.0594 e. The molecule has 2 atom stereocenters. The van der Waals surface area contributed by atoms with Crippen molar-refractivity contribution in [3.05, 3.63) is 0 Å². The highest BCUT2D eigenvalue weighted by atomic mass is 31.2. The van der Waals surface area contributed by atoms with Gasteiger partial charge in [-0.25, -0.2) is 0 Å². The van der Waals surface area contributed by atoms with E-state index in [0.717, 1.165) is 12.8 Å². The molecule has 0 amide bonds. The maximum atomic E-state index is 12.3. The molecule has 0 bridgehead atoms. The summed E-state index contributed by atoms with van der Waals surface area (Å²) in [5, 5.41) is 0. The molecule has 0 aromatic rings. The standard InChI is InChI=1S/C34H72P.C16H35O2P/c1-5-9-13-17-19-20-21-22-23-24-26-30-34-35(31-27-15-11-7-3,32-28-16-12-8-4)33-29-25-18-14-10-6-2;1-13(9-15(3,4)5)11-19(17,18)12-14(2)10-16(6,7)8/h5-34H2,1-4H3;13-14H,9-12H2,1-8H3,(H,17,18)/q+1;/p-1. The van der Waals surface area contributed by atoms with Crippen LogP contribution in [0.4, 0.5) is 0 Å². The summed E-state index contributed by atoms with van der Waals surface area (Å²) in [5.41, 5.74) is 0.410. The lowest BCUT2D eigenvalue weighted by molar-refractivity contribution is -0.176. The van der Waals surface area contributed by atoms with E-state index >= 15 is 0 Å². The summed E-state index contributed by atoms with van der Waals surface area (Å²) in [6.07, 6.45) is 47.8. The van der Waals surface area contributed by atoms with Crippen LogP contribution in [0, 0.1) is 22.7 Å². The molecule has 0 fully saturated rings. The van der Waals surface area contributed by atoms with Gasteiger partial charge in [-0.3, -0.25) is 0 Å². The van der Waals surface area contributed by atoms with Gasteiger partial charge < -0.3 is 9.46 Å². The van der Waals surface area contributed by atoms with Crippen LogP contribution in [0.2, 0.25) is 0 Å². The second kappa shape index (κ2) is 35.6. The molecule has 328 valence electrons. The lowest BCUT2D eigenvalue weighted by Crippen LogP contribution is -2.22. The smallest absolute Gasteiger partial charge is 0.0594 e. The highest BCUT2D eigenvalue weighted by Gasteiger charge is 2.35. The van der Waals surface area contributed by atoms with Gasteiger partial charge in [-0.15, -0.1) is 0 Å². The van der Waals surface area contributed by atoms with Gasteiger partial charge in [0.15, 0.2) is 0 Å². The Morgan fingerprint density at radius 3 is 0.833 bits per heavy atom. The fourth-order valence-electron chi connectivity index (χ4n) is 9.18. The van der Waals surface area contributed by atoms with Crippen molar-refractivity contribution in [2.45, 2.75) is 263 Å². The van der Waals surface area contributed by atoms with Crippen molar-refractivity contribution in [2.24, 2.45) is 22.7 Å². The van der Waals surface area contributed by atoms with E-state index in [0.29, 0.717) is 12.3 Å². The Morgan fingerprint density at radius 2 is 0.611 bits per heavy atom. The van der Waals surface area contributed by atoms with Gasteiger partial charge in [0.2, 0.25) is 0 Å². The van der Waals surface area contributed by atoms with Crippen LogP contribution in [0.25, 0.3) is 0 Å². The first-order valence-corrected chi connectivity index (χ1v) is 29.1. The van der Waals surface area contributed by atoms with Crippen LogP contribution in [-0.2, 0) is 4.57 Å². The molecule has 0 saturated heterocycles. The van der Waals surface area contributed by atoms with E-state index < -0.39 is 14.6 Å². The molecule has 0 radical (unpaired) electrons. The van der Waals surface area contributed by atoms with Gasteiger partial charge in [-0.05, 0) is 99.2 Å². The van der Waals surface area contributed by atoms with Crippen LogP contribution in [0.3, 0.4) is 0 Å². The first kappa shape index (κ1) is 56.7. The highest BCUT2D eigenvalue weighted by Crippen LogP contribution is 2.61. The Balaban J connectivity index is 0. The van der Waals surface area contributed by atoms with E-state index in [1.165, 1.54) is 141 Å². The van der Waals surface area contributed by atoms with Crippen molar-refractivity contribution in [1.29, 1.82) is 0 Å². The van der Waals surface area contributed by atoms with Crippen LogP contribution in [0.15, 0.2) is 0 Å². The highest BCUT2D eigenvalue weighted by molar-refractivity contribution is 7.75. The van der Waals surface area contributed by atoms with Gasteiger partial charge in [-0.1, -0.05) is 199 Å². The van der Waals surface area contributed by atoms with Gasteiger partial charge >= 0.3 is 0 Å². The quantitative estimate of drug-likeness (QED) is 0.0468. The predicted molar refractivity (Wildman–Crippen MR) is 253 cm³/mol. The molecule has 0 aromatic heterocycles. The Kier molecular flexibility index (Phi) is 37.3. The molecule has 0 saturated carbocycles. The molecule has 4 heteroatoms. The van der Waals surface area contributed by atoms with Crippen molar-refractivity contribution in [3.8, 4) is 0 Å². The molecule has 0 heterocycles. The summed E-state index contributed by atoms with van der Waals surface area (Å²) < 4.78 is 12.3. The van der Waals surface area contributed by atoms with Gasteiger partial charge in [0.1, 0.15) is 0 Å². The lowest BCUT2D eigenvalue weighted by atomic mass is 9.86. The molecule has 0 spiro atoms. The van der Waals surface area contributed by atoms with E-state index in [-0.39, 0.29) is 22.7 Å². The second-order valence-corrected chi connectivity index (χ2v) is 27.8. The van der Waals surface area contributed by atoms with E-state index in [4.69, 9.17) is 0 Å². The summed E-state index contributed by atoms with van der Waals surface area (Å²) in [5.74, 6) is 0.510. The largest absolute Gasteiger partial charge is 0.799 e. The number of hydrogen-bond acceptors (Lipinski definition) is 2. The van der Waals surface area contributed by atoms with Crippen molar-refractivity contribution in [2.75, 3.05) is 37.0 Å². The molecule has 0 aliphatic carbocycles. The Labute approximate surface area is 345 Å². The summed E-state index contributed by atoms with van der Waals surface area (Å²) in [7, 11) is -3.94. The van der Waals surface area contributed by atoms with E-state index in [1.807, 2.05) is 0 Å². The maximum absolute atomic E-state index is 12.3. The topological polar surface area (TPSA) is 40.1 Å². The molecule has 0 N–H and O–H groups in total. The normalized spacial score (nSPS) is 14.8. The molecule has 2 nitrogen and oxygen atoms in total. The van der Waals surface area contributed by atoms with Crippen molar-refractivity contribution >= 4 is 14.6 Å². The molecule has 54 heavy (non-hydrogen) atoms. The summed E-state index contributed by atoms with van der Waals surface area (Å²) in [4.78, 5) is 12.3. The summed E-state index contributed by atoms with van der Waals surface area (Å²) >= 11 is 0. The van der Waals surface area contributed by atoms with Crippen LogP contribution in [-0.4, -0.2) is 37.0 Å². The zero-order valence-electron chi connectivity index (χ0n) is 39.9. The molecule has 2 unspecified atom stereocenters. The first-order chi connectivity index (χ1) is 25.4. The van der Waals surface area contributed by atoms with Crippen LogP contribution >= 0.6 is 14.6 Å². The number of hydrogen-bond donors (Lipinski definition) is 0. The van der Waals surface area contributed by atoms with Crippen molar-refractivity contribution in [3.63, 3.8) is 0 Å². The molecule has 0 aliphatic heterocycles. The third-order valence-corrected chi connectivity index (χ3v) is 19.0. The summed E-state index contributed by atoms with van der Waals surface area (Å²) in [6.45, 7) is 26.5. The molecule has 0 aromatic carbocycles. The summed E-state index contributed by atoms with van der Waals surface area (Å²) in [6, 6.07) is 0. The minimum absolute atomic E-state index is 0.205. The minimum Gasteiger partial charge on any atom is -0.799 e. The van der Waals surface area contributed by atoms with Gasteiger partial charge in [0.05, 0.1) is 24.6 Å². The van der Waals surface area contributed by atoms with Gasteiger partial charge in [-0.2, -0.15) is 0 Å². The lowest BCUT2D eigenvalue weighted by Gasteiger charge is -2.33. The predicted octanol–water partition coefficient (Wildman–Crippen LogP) is 18.0. The Bertz CT molecular complexity index is 785. The van der Waals surface area contributed by atoms with Crippen LogP contribution in [0.1, 0.15) is 263 Å². The molecule has 0 rings (SSSR count). The number of unbranched alkanes of at least 4 members (excludes halogenated alkanes) is 22. The van der Waals surface area contributed by atoms with Gasteiger partial charge in [0, 0.05) is 14.6 Å². The fourth-order valence-corrected chi connectivity index (χ4v) is 16.4. The SMILES string of the molecule is CC(CC(C)(C)C)CP(=O)([O-])CC(C)CC(C)(C)C.CCCCCCCCCCCCCC[P+](CCCCCC)(CCCCCC)CCCCCCCC. The van der Waals surface area contributed by atoms with E-state index in [1.54, 1.807) is 50.3 Å². The molecule has 0 aliphatic rings. The zero-order chi connectivity index (χ0) is 41.2. The molecular weight excluding hydrogens is 694 g/mol. The minimum atomic E-state index is -3.23. The van der Waals surface area contributed by atoms with Crippen molar-refractivity contribution in [1.82, 2.24) is 0 Å². The van der Waals surface area contributed by atoms with Crippen molar-refractivity contribution < 1.29 is 9.46 Å². The molecular formula is C50H106O2P2. The second-order valence-electron chi connectivity index (χ2n) is 20.9. The Morgan fingerprint density at radius 1 is 0.407 bits per heavy atom. The third kappa shape index (κ3) is 40.8. The van der Waals surface area contributed by atoms with Crippen LogP contribution in [0.5, 0.6) is 0 Å². The fraction of sp³-hybridized carbons (Fsp3) is 1.00. The average Bonchev–Trinajstić information content (AvgIpc) is 3.05. The average molecular weight is 801 g/mol. The van der Waals surface area contributed by atoms with E-state index in [2.05, 4.69) is 83.1 Å².